The number of anilines is 1. The first kappa shape index (κ1) is 14.8. The topological polar surface area (TPSA) is 93.4 Å². The van der Waals surface area contributed by atoms with Gasteiger partial charge in [-0.2, -0.15) is 0 Å². The third-order valence-electron chi connectivity index (χ3n) is 3.02. The molecule has 0 aliphatic heterocycles. The first-order chi connectivity index (χ1) is 10.0. The summed E-state index contributed by atoms with van der Waals surface area (Å²) in [5.74, 6) is -1.08. The number of carboxylic acid groups (broad SMARTS) is 1. The van der Waals surface area contributed by atoms with Crippen LogP contribution in [0, 0.1) is 0 Å². The number of rotatable bonds is 5. The van der Waals surface area contributed by atoms with E-state index in [2.05, 4.69) is 10.3 Å². The van der Waals surface area contributed by atoms with E-state index in [1.54, 1.807) is 17.7 Å². The number of ether oxygens (including phenoxy) is 1. The number of carboxylic acids is 1. The molecule has 0 saturated carbocycles. The number of aromatic nitrogens is 2. The van der Waals surface area contributed by atoms with Crippen LogP contribution in [0.25, 0.3) is 11.0 Å². The van der Waals surface area contributed by atoms with Crippen molar-refractivity contribution < 1.29 is 19.4 Å². The van der Waals surface area contributed by atoms with Gasteiger partial charge in [0.2, 0.25) is 0 Å². The maximum Gasteiger partial charge on any atom is 0.411 e. The summed E-state index contributed by atoms with van der Waals surface area (Å²) in [4.78, 5) is 27.0. The van der Waals surface area contributed by atoms with Crippen molar-refractivity contribution in [3.63, 3.8) is 0 Å². The largest absolute Gasteiger partial charge is 0.478 e. The average molecular weight is 291 g/mol. The molecule has 0 aliphatic rings. The molecule has 0 bridgehead atoms. The highest BCUT2D eigenvalue weighted by molar-refractivity contribution is 6.04. The second-order valence-corrected chi connectivity index (χ2v) is 4.67. The molecule has 7 heteroatoms. The molecule has 0 unspecified atom stereocenters. The van der Waals surface area contributed by atoms with Crippen LogP contribution < -0.4 is 5.32 Å². The summed E-state index contributed by atoms with van der Waals surface area (Å²) in [7, 11) is 1.72. The lowest BCUT2D eigenvalue weighted by Crippen LogP contribution is -2.15. The molecule has 0 aliphatic carbocycles. The van der Waals surface area contributed by atoms with E-state index in [1.807, 2.05) is 6.92 Å². The number of carbonyl (C=O) groups excluding carboxylic acids is 1. The summed E-state index contributed by atoms with van der Waals surface area (Å²) in [5, 5.41) is 11.8. The molecule has 1 aromatic carbocycles. The van der Waals surface area contributed by atoms with Crippen LogP contribution in [0.5, 0.6) is 0 Å². The van der Waals surface area contributed by atoms with Crippen LogP contribution in [-0.2, 0) is 11.8 Å². The molecular weight excluding hydrogens is 274 g/mol. The van der Waals surface area contributed by atoms with Gasteiger partial charge in [-0.3, -0.25) is 5.32 Å². The molecule has 0 fully saturated rings. The Bertz CT molecular complexity index is 678. The van der Waals surface area contributed by atoms with Gasteiger partial charge in [0, 0.05) is 12.7 Å². The zero-order chi connectivity index (χ0) is 15.4. The molecular formula is C14H17N3O4. The predicted octanol–water partition coefficient (Wildman–Crippen LogP) is 2.62. The van der Waals surface area contributed by atoms with Crippen molar-refractivity contribution in [3.8, 4) is 0 Å². The minimum absolute atomic E-state index is 0.0800. The lowest BCUT2D eigenvalue weighted by molar-refractivity contribution is 0.0698. The summed E-state index contributed by atoms with van der Waals surface area (Å²) in [6, 6.07) is 3.01. The maximum atomic E-state index is 11.6. The predicted molar refractivity (Wildman–Crippen MR) is 77.6 cm³/mol. The minimum Gasteiger partial charge on any atom is -0.478 e. The number of nitrogens with zero attached hydrogens (tertiary/aromatic N) is 2. The van der Waals surface area contributed by atoms with Crippen molar-refractivity contribution >= 4 is 28.8 Å². The van der Waals surface area contributed by atoms with Crippen LogP contribution in [0.3, 0.4) is 0 Å². The Kier molecular flexibility index (Phi) is 4.42. The molecule has 7 nitrogen and oxygen atoms in total. The van der Waals surface area contributed by atoms with E-state index in [0.29, 0.717) is 23.3 Å². The number of nitrogens with one attached hydrogen (secondary N) is 1. The standard InChI is InChI=1S/C14H17N3O4/c1-3-4-5-21-14(20)16-9-6-10(13(18)19)12-11(7-9)15-8-17(12)2/h6-8H,3-5H2,1-2H3,(H,16,20)(H,18,19). The Hall–Kier alpha value is -2.57. The number of hydrogen-bond donors (Lipinski definition) is 2. The number of hydrogen-bond acceptors (Lipinski definition) is 4. The molecule has 0 saturated heterocycles. The van der Waals surface area contributed by atoms with Crippen LogP contribution >= 0.6 is 0 Å². The molecule has 2 rings (SSSR count). The molecule has 2 N–H and O–H groups in total. The SMILES string of the molecule is CCCCOC(=O)Nc1cc(C(=O)O)c2c(c1)ncn2C. The fourth-order valence-corrected chi connectivity index (χ4v) is 1.99. The van der Waals surface area contributed by atoms with Gasteiger partial charge in [0.25, 0.3) is 0 Å². The van der Waals surface area contributed by atoms with Crippen LogP contribution in [-0.4, -0.2) is 33.3 Å². The van der Waals surface area contributed by atoms with Crippen molar-refractivity contribution in [2.45, 2.75) is 19.8 Å². The van der Waals surface area contributed by atoms with Gasteiger partial charge in [-0.1, -0.05) is 13.3 Å². The Morgan fingerprint density at radius 1 is 1.43 bits per heavy atom. The van der Waals surface area contributed by atoms with Gasteiger partial charge >= 0.3 is 12.1 Å². The van der Waals surface area contributed by atoms with Gasteiger partial charge in [0.1, 0.15) is 0 Å². The third kappa shape index (κ3) is 3.31. The minimum atomic E-state index is -1.08. The van der Waals surface area contributed by atoms with E-state index in [9.17, 15) is 14.7 Å². The number of aryl methyl sites for hydroxylation is 1. The zero-order valence-electron chi connectivity index (χ0n) is 11.9. The van der Waals surface area contributed by atoms with Crippen LogP contribution in [0.15, 0.2) is 18.5 Å². The first-order valence-electron chi connectivity index (χ1n) is 6.65. The number of fused-ring (bicyclic) bond motifs is 1. The molecule has 2 aromatic rings. The fourth-order valence-electron chi connectivity index (χ4n) is 1.99. The lowest BCUT2D eigenvalue weighted by atomic mass is 10.1. The molecule has 112 valence electrons. The summed E-state index contributed by atoms with van der Waals surface area (Å²) >= 11 is 0. The Balaban J connectivity index is 2.25. The summed E-state index contributed by atoms with van der Waals surface area (Å²) in [6.45, 7) is 2.33. The van der Waals surface area contributed by atoms with Crippen molar-refractivity contribution in [2.75, 3.05) is 11.9 Å². The first-order valence-corrected chi connectivity index (χ1v) is 6.65. The number of amides is 1. The second-order valence-electron chi connectivity index (χ2n) is 4.67. The second kappa shape index (κ2) is 6.25. The van der Waals surface area contributed by atoms with Crippen molar-refractivity contribution in [2.24, 2.45) is 7.05 Å². The number of benzene rings is 1. The summed E-state index contributed by atoms with van der Waals surface area (Å²) < 4.78 is 6.61. The number of imidazole rings is 1. The summed E-state index contributed by atoms with van der Waals surface area (Å²) in [5.41, 5.74) is 1.44. The number of carbonyl (C=O) groups is 2. The van der Waals surface area contributed by atoms with Crippen molar-refractivity contribution in [1.82, 2.24) is 9.55 Å². The maximum absolute atomic E-state index is 11.6. The summed E-state index contributed by atoms with van der Waals surface area (Å²) in [6.07, 6.45) is 2.64. The highest BCUT2D eigenvalue weighted by atomic mass is 16.5. The fraction of sp³-hybridized carbons (Fsp3) is 0.357. The van der Waals surface area contributed by atoms with Crippen LogP contribution in [0.4, 0.5) is 10.5 Å². The van der Waals surface area contributed by atoms with Gasteiger partial charge in [-0.15, -0.1) is 0 Å². The van der Waals surface area contributed by atoms with Gasteiger partial charge in [0.05, 0.1) is 29.5 Å². The van der Waals surface area contributed by atoms with E-state index in [4.69, 9.17) is 4.74 Å². The van der Waals surface area contributed by atoms with Crippen LogP contribution in [0.1, 0.15) is 30.1 Å². The highest BCUT2D eigenvalue weighted by Gasteiger charge is 2.15. The van der Waals surface area contributed by atoms with Crippen LogP contribution in [0.2, 0.25) is 0 Å². The monoisotopic (exact) mass is 291 g/mol. The number of unbranched alkanes of at least 4 members (excludes halogenated alkanes) is 1. The van der Waals surface area contributed by atoms with E-state index >= 15 is 0 Å². The molecule has 0 atom stereocenters. The molecule has 1 amide bonds. The molecule has 0 radical (unpaired) electrons. The van der Waals surface area contributed by atoms with E-state index in [-0.39, 0.29) is 5.56 Å². The highest BCUT2D eigenvalue weighted by Crippen LogP contribution is 2.23. The van der Waals surface area contributed by atoms with Gasteiger partial charge < -0.3 is 14.4 Å². The van der Waals surface area contributed by atoms with Gasteiger partial charge in [-0.25, -0.2) is 14.6 Å². The lowest BCUT2D eigenvalue weighted by Gasteiger charge is -2.08. The Labute approximate surface area is 121 Å². The smallest absolute Gasteiger partial charge is 0.411 e. The molecule has 21 heavy (non-hydrogen) atoms. The normalized spacial score (nSPS) is 10.6. The Morgan fingerprint density at radius 2 is 2.19 bits per heavy atom. The zero-order valence-corrected chi connectivity index (χ0v) is 11.9. The van der Waals surface area contributed by atoms with Crippen molar-refractivity contribution in [3.05, 3.63) is 24.0 Å². The number of aromatic carboxylic acids is 1. The quantitative estimate of drug-likeness (QED) is 0.826. The van der Waals surface area contributed by atoms with Gasteiger partial charge in [0.15, 0.2) is 0 Å². The molecule has 0 spiro atoms. The molecule has 1 heterocycles. The van der Waals surface area contributed by atoms with E-state index in [0.717, 1.165) is 12.8 Å². The average Bonchev–Trinajstić information content (AvgIpc) is 2.80. The third-order valence-corrected chi connectivity index (χ3v) is 3.02. The van der Waals surface area contributed by atoms with E-state index in [1.165, 1.54) is 12.4 Å². The Morgan fingerprint density at radius 3 is 2.86 bits per heavy atom. The molecule has 1 aromatic heterocycles. The van der Waals surface area contributed by atoms with Gasteiger partial charge in [-0.05, 0) is 18.6 Å². The van der Waals surface area contributed by atoms with Crippen molar-refractivity contribution in [1.29, 1.82) is 0 Å². The van der Waals surface area contributed by atoms with E-state index < -0.39 is 12.1 Å².